The van der Waals surface area contributed by atoms with Gasteiger partial charge in [-0.1, -0.05) is 0 Å². The summed E-state index contributed by atoms with van der Waals surface area (Å²) in [6.45, 7) is 0.510. The molecule has 0 saturated carbocycles. The van der Waals surface area contributed by atoms with Crippen LogP contribution in [0.5, 0.6) is 0 Å². The molecule has 0 radical (unpaired) electrons. The van der Waals surface area contributed by atoms with E-state index in [0.717, 1.165) is 0 Å². The summed E-state index contributed by atoms with van der Waals surface area (Å²) in [6.07, 6.45) is 1.92. The molecule has 3 nitrogen and oxygen atoms in total. The van der Waals surface area contributed by atoms with Gasteiger partial charge in [0.2, 0.25) is 5.91 Å². The van der Waals surface area contributed by atoms with Crippen molar-refractivity contribution >= 4 is 24.4 Å². The monoisotopic (exact) mass is 226 g/mol. The number of hydrogen-bond acceptors (Lipinski definition) is 3. The van der Waals surface area contributed by atoms with E-state index in [1.54, 1.807) is 0 Å². The molecule has 15 heavy (non-hydrogen) atoms. The van der Waals surface area contributed by atoms with Crippen molar-refractivity contribution in [2.75, 3.05) is 17.2 Å². The minimum absolute atomic E-state index is 0.0772. The third-order valence-corrected chi connectivity index (χ3v) is 2.97. The van der Waals surface area contributed by atoms with Gasteiger partial charge in [0.15, 0.2) is 11.6 Å². The van der Waals surface area contributed by atoms with E-state index < -0.39 is 5.82 Å². The van der Waals surface area contributed by atoms with Crippen molar-refractivity contribution in [2.24, 2.45) is 5.92 Å². The molecule has 0 aliphatic carbocycles. The number of rotatable bonds is 2. The van der Waals surface area contributed by atoms with E-state index in [-0.39, 0.29) is 17.6 Å². The number of nitrogens with zero attached hydrogens (tertiary/aromatic N) is 2. The first-order valence-corrected chi connectivity index (χ1v) is 5.37. The summed E-state index contributed by atoms with van der Waals surface area (Å²) in [5.74, 6) is 0.433. The molecule has 2 heterocycles. The fourth-order valence-electron chi connectivity index (χ4n) is 1.68. The smallest absolute Gasteiger partial charge is 0.228 e. The van der Waals surface area contributed by atoms with Crippen LogP contribution >= 0.6 is 12.6 Å². The van der Waals surface area contributed by atoms with Crippen LogP contribution in [0.15, 0.2) is 18.3 Å². The molecule has 1 amide bonds. The molecule has 0 N–H and O–H groups in total. The van der Waals surface area contributed by atoms with Crippen LogP contribution in [0.2, 0.25) is 0 Å². The fraction of sp³-hybridized carbons (Fsp3) is 0.400. The SMILES string of the molecule is O=C1CC(CS)CN1c1ncccc1F. The lowest BCUT2D eigenvalue weighted by molar-refractivity contribution is -0.117. The highest BCUT2D eigenvalue weighted by Gasteiger charge is 2.31. The Hall–Kier alpha value is -1.10. The second-order valence-corrected chi connectivity index (χ2v) is 3.93. The maximum atomic E-state index is 13.4. The Morgan fingerprint density at radius 3 is 3.07 bits per heavy atom. The third kappa shape index (κ3) is 1.97. The summed E-state index contributed by atoms with van der Waals surface area (Å²) >= 11 is 4.14. The Morgan fingerprint density at radius 2 is 2.47 bits per heavy atom. The Labute approximate surface area is 92.7 Å². The van der Waals surface area contributed by atoms with Crippen LogP contribution in [0.1, 0.15) is 6.42 Å². The molecule has 1 aromatic rings. The molecule has 1 aromatic heterocycles. The maximum absolute atomic E-state index is 13.4. The average Bonchev–Trinajstić information content (AvgIpc) is 2.60. The van der Waals surface area contributed by atoms with Crippen molar-refractivity contribution in [3.8, 4) is 0 Å². The molecular formula is C10H11FN2OS. The first kappa shape index (κ1) is 10.4. The van der Waals surface area contributed by atoms with Crippen molar-refractivity contribution in [1.82, 2.24) is 4.98 Å². The Bertz CT molecular complexity index is 385. The molecule has 0 bridgehead atoms. The van der Waals surface area contributed by atoms with Gasteiger partial charge >= 0.3 is 0 Å². The van der Waals surface area contributed by atoms with E-state index in [1.165, 1.54) is 23.2 Å². The van der Waals surface area contributed by atoms with Crippen LogP contribution in [0.3, 0.4) is 0 Å². The Morgan fingerprint density at radius 1 is 1.67 bits per heavy atom. The van der Waals surface area contributed by atoms with Gasteiger partial charge in [0.1, 0.15) is 0 Å². The van der Waals surface area contributed by atoms with Gasteiger partial charge in [-0.05, 0) is 23.8 Å². The number of carbonyl (C=O) groups is 1. The molecule has 2 rings (SSSR count). The summed E-state index contributed by atoms with van der Waals surface area (Å²) in [5.41, 5.74) is 0. The first-order chi connectivity index (χ1) is 7.22. The van der Waals surface area contributed by atoms with Crippen molar-refractivity contribution in [1.29, 1.82) is 0 Å². The summed E-state index contributed by atoms with van der Waals surface area (Å²) in [6, 6.07) is 2.82. The molecular weight excluding hydrogens is 215 g/mol. The Balaban J connectivity index is 2.25. The molecule has 1 atom stereocenters. The summed E-state index contributed by atoms with van der Waals surface area (Å²) in [5, 5.41) is 0. The second-order valence-electron chi connectivity index (χ2n) is 3.57. The largest absolute Gasteiger partial charge is 0.294 e. The molecule has 1 fully saturated rings. The normalized spacial score (nSPS) is 21.1. The van der Waals surface area contributed by atoms with Crippen molar-refractivity contribution in [3.63, 3.8) is 0 Å². The molecule has 5 heteroatoms. The lowest BCUT2D eigenvalue weighted by Crippen LogP contribution is -2.26. The summed E-state index contributed by atoms with van der Waals surface area (Å²) < 4.78 is 13.4. The van der Waals surface area contributed by atoms with E-state index in [1.807, 2.05) is 0 Å². The number of anilines is 1. The first-order valence-electron chi connectivity index (χ1n) is 4.74. The molecule has 0 aromatic carbocycles. The van der Waals surface area contributed by atoms with Gasteiger partial charge in [0, 0.05) is 19.2 Å². The van der Waals surface area contributed by atoms with Crippen LogP contribution in [-0.4, -0.2) is 23.2 Å². The van der Waals surface area contributed by atoms with Gasteiger partial charge in [-0.25, -0.2) is 9.37 Å². The standard InChI is InChI=1S/C10H11FN2OS/c11-8-2-1-3-12-10(8)13-5-7(6-15)4-9(13)14/h1-3,7,15H,4-6H2. The highest BCUT2D eigenvalue weighted by Crippen LogP contribution is 2.25. The van der Waals surface area contributed by atoms with Crippen LogP contribution in [0.4, 0.5) is 10.2 Å². The maximum Gasteiger partial charge on any atom is 0.228 e. The zero-order valence-corrected chi connectivity index (χ0v) is 8.95. The molecule has 1 aliphatic heterocycles. The number of thiol groups is 1. The predicted molar refractivity (Wildman–Crippen MR) is 58.5 cm³/mol. The molecule has 1 unspecified atom stereocenters. The number of hydrogen-bond donors (Lipinski definition) is 1. The van der Waals surface area contributed by atoms with E-state index in [4.69, 9.17) is 0 Å². The zero-order valence-electron chi connectivity index (χ0n) is 8.06. The van der Waals surface area contributed by atoms with Gasteiger partial charge in [0.05, 0.1) is 0 Å². The number of halogens is 1. The van der Waals surface area contributed by atoms with E-state index >= 15 is 0 Å². The number of amides is 1. The van der Waals surface area contributed by atoms with E-state index in [0.29, 0.717) is 18.7 Å². The summed E-state index contributed by atoms with van der Waals surface area (Å²) in [7, 11) is 0. The van der Waals surface area contributed by atoms with Gasteiger partial charge in [-0.2, -0.15) is 12.6 Å². The lowest BCUT2D eigenvalue weighted by Gasteiger charge is -2.15. The summed E-state index contributed by atoms with van der Waals surface area (Å²) in [4.78, 5) is 16.9. The van der Waals surface area contributed by atoms with Gasteiger partial charge in [0.25, 0.3) is 0 Å². The van der Waals surface area contributed by atoms with Gasteiger partial charge in [-0.3, -0.25) is 9.69 Å². The van der Waals surface area contributed by atoms with Crippen LogP contribution in [0, 0.1) is 11.7 Å². The predicted octanol–water partition coefficient (Wildman–Crippen LogP) is 1.50. The lowest BCUT2D eigenvalue weighted by atomic mass is 10.1. The van der Waals surface area contributed by atoms with Gasteiger partial charge in [-0.15, -0.1) is 0 Å². The third-order valence-electron chi connectivity index (χ3n) is 2.46. The van der Waals surface area contributed by atoms with E-state index in [2.05, 4.69) is 17.6 Å². The number of aromatic nitrogens is 1. The average molecular weight is 226 g/mol. The Kier molecular flexibility index (Phi) is 2.90. The second kappa shape index (κ2) is 4.18. The highest BCUT2D eigenvalue weighted by atomic mass is 32.1. The van der Waals surface area contributed by atoms with Crippen molar-refractivity contribution in [3.05, 3.63) is 24.1 Å². The number of carbonyl (C=O) groups excluding carboxylic acids is 1. The molecule has 1 saturated heterocycles. The molecule has 80 valence electrons. The highest BCUT2D eigenvalue weighted by molar-refractivity contribution is 7.80. The van der Waals surface area contributed by atoms with Gasteiger partial charge < -0.3 is 0 Å². The fourth-order valence-corrected chi connectivity index (χ4v) is 1.93. The van der Waals surface area contributed by atoms with Crippen LogP contribution in [0.25, 0.3) is 0 Å². The number of pyridine rings is 1. The van der Waals surface area contributed by atoms with Crippen molar-refractivity contribution < 1.29 is 9.18 Å². The quantitative estimate of drug-likeness (QED) is 0.775. The van der Waals surface area contributed by atoms with Crippen molar-refractivity contribution in [2.45, 2.75) is 6.42 Å². The topological polar surface area (TPSA) is 33.2 Å². The minimum Gasteiger partial charge on any atom is -0.294 e. The molecule has 0 spiro atoms. The van der Waals surface area contributed by atoms with Crippen LogP contribution < -0.4 is 4.90 Å². The van der Waals surface area contributed by atoms with Crippen LogP contribution in [-0.2, 0) is 4.79 Å². The minimum atomic E-state index is -0.453. The van der Waals surface area contributed by atoms with E-state index in [9.17, 15) is 9.18 Å². The zero-order chi connectivity index (χ0) is 10.8. The molecule has 1 aliphatic rings.